The summed E-state index contributed by atoms with van der Waals surface area (Å²) in [4.78, 5) is 23.8. The van der Waals surface area contributed by atoms with E-state index in [1.807, 2.05) is 6.92 Å². The Balaban J connectivity index is 2.50. The second-order valence-corrected chi connectivity index (χ2v) is 3.73. The fourth-order valence-corrected chi connectivity index (χ4v) is 1.94. The van der Waals surface area contributed by atoms with Crippen molar-refractivity contribution in [3.05, 3.63) is 0 Å². The predicted molar refractivity (Wildman–Crippen MR) is 51.9 cm³/mol. The molecule has 0 spiro atoms. The first-order valence-corrected chi connectivity index (χ1v) is 5.16. The molecule has 1 unspecified atom stereocenters. The van der Waals surface area contributed by atoms with Crippen molar-refractivity contribution in [2.75, 3.05) is 6.54 Å². The summed E-state index contributed by atoms with van der Waals surface area (Å²) in [5.41, 5.74) is 0. The van der Waals surface area contributed by atoms with Gasteiger partial charge in [0.1, 0.15) is 0 Å². The maximum Gasteiger partial charge on any atom is 0.305 e. The number of rotatable bonds is 4. The van der Waals surface area contributed by atoms with Gasteiger partial charge in [-0.3, -0.25) is 9.59 Å². The average molecular weight is 199 g/mol. The number of likely N-dealkylation sites (tertiary alicyclic amines) is 1. The van der Waals surface area contributed by atoms with Gasteiger partial charge in [-0.2, -0.15) is 0 Å². The summed E-state index contributed by atoms with van der Waals surface area (Å²) in [6, 6.07) is -0.0634. The summed E-state index contributed by atoms with van der Waals surface area (Å²) >= 11 is 0. The van der Waals surface area contributed by atoms with Gasteiger partial charge in [0, 0.05) is 19.0 Å². The first-order valence-electron chi connectivity index (χ1n) is 5.16. The van der Waals surface area contributed by atoms with E-state index in [0.717, 1.165) is 25.8 Å². The lowest BCUT2D eigenvalue weighted by Gasteiger charge is -2.23. The number of hydrogen-bond donors (Lipinski definition) is 1. The Kier molecular flexibility index (Phi) is 3.92. The first kappa shape index (κ1) is 11.0. The summed E-state index contributed by atoms with van der Waals surface area (Å²) in [6.07, 6.45) is 3.23. The average Bonchev–Trinajstić information content (AvgIpc) is 2.51. The fourth-order valence-electron chi connectivity index (χ4n) is 1.94. The molecule has 1 rings (SSSR count). The van der Waals surface area contributed by atoms with Gasteiger partial charge < -0.3 is 10.0 Å². The van der Waals surface area contributed by atoms with Crippen LogP contribution in [0.3, 0.4) is 0 Å². The predicted octanol–water partition coefficient (Wildman–Crippen LogP) is 1.25. The highest BCUT2D eigenvalue weighted by atomic mass is 16.4. The van der Waals surface area contributed by atoms with Gasteiger partial charge >= 0.3 is 5.97 Å². The lowest BCUT2D eigenvalue weighted by Crippen LogP contribution is -2.36. The van der Waals surface area contributed by atoms with E-state index in [0.29, 0.717) is 6.42 Å². The molecular formula is C10H17NO3. The number of carboxylic acid groups (broad SMARTS) is 1. The minimum atomic E-state index is -0.814. The van der Waals surface area contributed by atoms with E-state index in [-0.39, 0.29) is 18.4 Å². The summed E-state index contributed by atoms with van der Waals surface area (Å²) in [7, 11) is 0. The molecule has 1 aliphatic heterocycles. The highest BCUT2D eigenvalue weighted by Gasteiger charge is 2.29. The van der Waals surface area contributed by atoms with Crippen LogP contribution in [0.1, 0.15) is 39.0 Å². The van der Waals surface area contributed by atoms with Gasteiger partial charge in [-0.15, -0.1) is 0 Å². The quantitative estimate of drug-likeness (QED) is 0.741. The Bertz CT molecular complexity index is 227. The Morgan fingerprint density at radius 1 is 1.50 bits per heavy atom. The van der Waals surface area contributed by atoms with Crippen molar-refractivity contribution in [3.63, 3.8) is 0 Å². The van der Waals surface area contributed by atoms with Crippen LogP contribution < -0.4 is 0 Å². The fraction of sp³-hybridized carbons (Fsp3) is 0.800. The highest BCUT2D eigenvalue weighted by molar-refractivity contribution is 5.78. The molecule has 1 atom stereocenters. The van der Waals surface area contributed by atoms with Crippen LogP contribution in [0.2, 0.25) is 0 Å². The van der Waals surface area contributed by atoms with Gasteiger partial charge in [-0.1, -0.05) is 6.92 Å². The molecule has 0 saturated carbocycles. The van der Waals surface area contributed by atoms with Crippen molar-refractivity contribution >= 4 is 11.9 Å². The van der Waals surface area contributed by atoms with Crippen LogP contribution in [0.25, 0.3) is 0 Å². The topological polar surface area (TPSA) is 57.6 Å². The number of amides is 1. The highest BCUT2D eigenvalue weighted by Crippen LogP contribution is 2.21. The molecule has 4 heteroatoms. The minimum Gasteiger partial charge on any atom is -0.481 e. The molecule has 0 bridgehead atoms. The molecule has 80 valence electrons. The molecule has 0 aromatic heterocycles. The van der Waals surface area contributed by atoms with Gasteiger partial charge in [0.05, 0.1) is 6.42 Å². The zero-order valence-electron chi connectivity index (χ0n) is 8.53. The van der Waals surface area contributed by atoms with E-state index in [1.54, 1.807) is 4.90 Å². The van der Waals surface area contributed by atoms with Gasteiger partial charge in [-0.05, 0) is 19.3 Å². The normalized spacial score (nSPS) is 21.2. The molecule has 0 aliphatic carbocycles. The number of nitrogens with zero attached hydrogens (tertiary/aromatic N) is 1. The van der Waals surface area contributed by atoms with Gasteiger partial charge in [-0.25, -0.2) is 0 Å². The van der Waals surface area contributed by atoms with Crippen LogP contribution >= 0.6 is 0 Å². The largest absolute Gasteiger partial charge is 0.481 e. The molecule has 14 heavy (non-hydrogen) atoms. The van der Waals surface area contributed by atoms with E-state index in [2.05, 4.69) is 0 Å². The summed E-state index contributed by atoms with van der Waals surface area (Å²) in [5, 5.41) is 8.67. The SMILES string of the molecule is CCCC(=O)N1CCCC1CC(=O)O. The Morgan fingerprint density at radius 3 is 2.79 bits per heavy atom. The minimum absolute atomic E-state index is 0.0634. The molecule has 1 N–H and O–H groups in total. The first-order chi connectivity index (χ1) is 6.65. The zero-order valence-corrected chi connectivity index (χ0v) is 8.53. The Hall–Kier alpha value is -1.06. The van der Waals surface area contributed by atoms with E-state index in [1.165, 1.54) is 0 Å². The van der Waals surface area contributed by atoms with Crippen LogP contribution in [0.5, 0.6) is 0 Å². The van der Waals surface area contributed by atoms with Crippen molar-refractivity contribution < 1.29 is 14.7 Å². The van der Waals surface area contributed by atoms with E-state index in [4.69, 9.17) is 5.11 Å². The summed E-state index contributed by atoms with van der Waals surface area (Å²) in [6.45, 7) is 2.69. The maximum absolute atomic E-state index is 11.6. The third-order valence-corrected chi connectivity index (χ3v) is 2.57. The summed E-state index contributed by atoms with van der Waals surface area (Å²) in [5.74, 6) is -0.706. The molecule has 0 radical (unpaired) electrons. The lowest BCUT2D eigenvalue weighted by atomic mass is 10.1. The van der Waals surface area contributed by atoms with Crippen LogP contribution in [-0.4, -0.2) is 34.5 Å². The second kappa shape index (κ2) is 4.98. The van der Waals surface area contributed by atoms with Gasteiger partial charge in [0.15, 0.2) is 0 Å². The van der Waals surface area contributed by atoms with Gasteiger partial charge in [0.2, 0.25) is 5.91 Å². The number of carbonyl (C=O) groups is 2. The molecule has 0 aromatic carbocycles. The molecule has 1 aliphatic rings. The lowest BCUT2D eigenvalue weighted by molar-refractivity contribution is -0.139. The smallest absolute Gasteiger partial charge is 0.305 e. The van der Waals surface area contributed by atoms with Crippen molar-refractivity contribution in [2.45, 2.75) is 45.1 Å². The molecule has 1 amide bonds. The van der Waals surface area contributed by atoms with Gasteiger partial charge in [0.25, 0.3) is 0 Å². The number of carbonyl (C=O) groups excluding carboxylic acids is 1. The molecule has 4 nitrogen and oxygen atoms in total. The van der Waals surface area contributed by atoms with Crippen LogP contribution in [0.4, 0.5) is 0 Å². The van der Waals surface area contributed by atoms with Crippen molar-refractivity contribution in [1.82, 2.24) is 4.90 Å². The van der Waals surface area contributed by atoms with Crippen LogP contribution in [-0.2, 0) is 9.59 Å². The number of carboxylic acids is 1. The molecule has 1 fully saturated rings. The molecule has 1 heterocycles. The van der Waals surface area contributed by atoms with Crippen molar-refractivity contribution in [3.8, 4) is 0 Å². The standard InChI is InChI=1S/C10H17NO3/c1-2-4-9(12)11-6-3-5-8(11)7-10(13)14/h8H,2-7H2,1H3,(H,13,14). The second-order valence-electron chi connectivity index (χ2n) is 3.73. The van der Waals surface area contributed by atoms with E-state index < -0.39 is 5.97 Å². The third kappa shape index (κ3) is 2.72. The molecular weight excluding hydrogens is 182 g/mol. The molecule has 0 aromatic rings. The van der Waals surface area contributed by atoms with Crippen molar-refractivity contribution in [1.29, 1.82) is 0 Å². The monoisotopic (exact) mass is 199 g/mol. The third-order valence-electron chi connectivity index (χ3n) is 2.57. The maximum atomic E-state index is 11.6. The van der Waals surface area contributed by atoms with Crippen LogP contribution in [0.15, 0.2) is 0 Å². The Labute approximate surface area is 83.9 Å². The Morgan fingerprint density at radius 2 is 2.21 bits per heavy atom. The zero-order chi connectivity index (χ0) is 10.6. The van der Waals surface area contributed by atoms with E-state index in [9.17, 15) is 9.59 Å². The summed E-state index contributed by atoms with van der Waals surface area (Å²) < 4.78 is 0. The number of aliphatic carboxylic acids is 1. The number of hydrogen-bond acceptors (Lipinski definition) is 2. The van der Waals surface area contributed by atoms with Crippen molar-refractivity contribution in [2.24, 2.45) is 0 Å². The van der Waals surface area contributed by atoms with E-state index >= 15 is 0 Å². The molecule has 1 saturated heterocycles. The van der Waals surface area contributed by atoms with Crippen LogP contribution in [0, 0.1) is 0 Å².